The van der Waals surface area contributed by atoms with E-state index in [1.165, 1.54) is 122 Å². The van der Waals surface area contributed by atoms with E-state index in [2.05, 4.69) is 158 Å². The van der Waals surface area contributed by atoms with Gasteiger partial charge in [0, 0.05) is 121 Å². The Bertz CT molecular complexity index is 4700. The average molecular weight is 1920 g/mol. The molecule has 0 fully saturated rings. The third-order valence-corrected chi connectivity index (χ3v) is 16.6. The molecule has 3 unspecified atom stereocenters. The summed E-state index contributed by atoms with van der Waals surface area (Å²) >= 11 is 6.28. The number of carbonyl (C=O) groups excluding carboxylic acids is 4. The van der Waals surface area contributed by atoms with E-state index in [1.807, 2.05) is 63.2 Å². The molecule has 0 saturated heterocycles. The number of halogens is 12. The molecule has 36 heteroatoms. The first-order valence-electron chi connectivity index (χ1n) is 39.3. The zero-order chi connectivity index (χ0) is 95.0. The van der Waals surface area contributed by atoms with Crippen LogP contribution >= 0.6 is 31.9 Å². The van der Waals surface area contributed by atoms with Crippen molar-refractivity contribution in [3.8, 4) is 29.4 Å². The van der Waals surface area contributed by atoms with Crippen LogP contribution in [0.25, 0.3) is 6.08 Å². The number of esters is 4. The summed E-state index contributed by atoms with van der Waals surface area (Å²) in [6.07, 6.45) is 13.3. The van der Waals surface area contributed by atoms with Crippen LogP contribution in [-0.4, -0.2) is 129 Å². The van der Waals surface area contributed by atoms with Crippen LogP contribution in [0.15, 0.2) is 226 Å². The van der Waals surface area contributed by atoms with Crippen LogP contribution < -0.4 is 40.3 Å². The van der Waals surface area contributed by atoms with Crippen LogP contribution in [-0.2, 0) is 49.4 Å². The van der Waals surface area contributed by atoms with Gasteiger partial charge in [0.25, 0.3) is 0 Å². The maximum absolute atomic E-state index is 12.4. The first-order valence-corrected chi connectivity index (χ1v) is 40.9. The molecule has 127 heavy (non-hydrogen) atoms. The quantitative estimate of drug-likeness (QED) is 0.0119. The predicted octanol–water partition coefficient (Wildman–Crippen LogP) is 21.8. The third-order valence-electron chi connectivity index (χ3n) is 15.7. The molecule has 6 atom stereocenters. The smallest absolute Gasteiger partial charge is 0.388 e. The second kappa shape index (κ2) is 56.8. The van der Waals surface area contributed by atoms with Crippen molar-refractivity contribution in [1.82, 2.24) is 35.2 Å². The molecule has 24 nitrogen and oxygen atoms in total. The molecule has 0 saturated carbocycles. The Labute approximate surface area is 749 Å². The predicted molar refractivity (Wildman–Crippen MR) is 468 cm³/mol. The molecular weight excluding hydrogens is 1810 g/mol. The van der Waals surface area contributed by atoms with Gasteiger partial charge < -0.3 is 63.4 Å². The second-order valence-electron chi connectivity index (χ2n) is 31.1. The Morgan fingerprint density at radius 1 is 0.457 bits per heavy atom. The molecule has 0 aliphatic heterocycles. The Hall–Kier alpha value is -11.2. The number of aliphatic imine (C=N–C) groups is 1. The van der Waals surface area contributed by atoms with E-state index in [4.69, 9.17) is 29.4 Å². The fraction of sp³-hybridized carbons (Fsp3) is 0.396. The number of rotatable bonds is 31. The highest BCUT2D eigenvalue weighted by molar-refractivity contribution is 9.10. The number of aromatic amines is 1. The van der Waals surface area contributed by atoms with E-state index < -0.39 is 85.5 Å². The fourth-order valence-electron chi connectivity index (χ4n) is 10.1. The number of hydrogen-bond acceptors (Lipinski definition) is 23. The number of H-pyrrole nitrogens is 1. The highest BCUT2D eigenvalue weighted by Crippen LogP contribution is 2.34. The number of ether oxygens (including phenoxy) is 10. The molecular formula is C91H109Br2F10N9O15. The lowest BCUT2D eigenvalue weighted by Crippen LogP contribution is -2.26. The van der Waals surface area contributed by atoms with E-state index >= 15 is 0 Å². The standard InChI is InChI=1S/C22H27F2NO3.C17H24F2N2O4.C15H17N.C13H18F2N2O3.C13H15F2NO3.C6H4BrF2NO.C5H4BrNO/c1-15(16-8-6-5-7-9-16)12-18(13-20(26)28-22(2,3)4)17-10-11-19(25-14-17)27-21(23)24;1-11(23-5)9-20-13(8-15(22)25-17(2,3)4)12-6-7-14(21-10-12)24-16(18)19;1-13(15-10-6-3-7-11-15)16-12-14-8-4-2-5-9-14;1-13(2,3)20-11(18)6-9(16)8-4-5-10(17-7-8)19-12(14)15;1-13(2,3)19-11(17)7-5-9-4-6-10(16-8-9)18-12(14)15;7-4-1-2-5(10-3-4)11-6(8)9;6-4-1-2-5(8)7-3-4/h5-11,14-15,18,21H,12-13H2,1-4H3;6-7,9-11,13,16H,8H2,1-5H3;2-11,13,16H,12H2,1H3;4-5,7,9,12H,6,16H2,1-3H3;4-8,12H,1-3H3;1-3,6H;1-3H,(H,7,8)/b;;;;7-5+;;/t15-,18-;;13-;;;;/m0.1..../s1. The summed E-state index contributed by atoms with van der Waals surface area (Å²) in [5, 5.41) is 3.52. The molecule has 0 amide bonds. The van der Waals surface area contributed by atoms with E-state index in [0.717, 1.165) is 21.1 Å². The van der Waals surface area contributed by atoms with Gasteiger partial charge in [-0.2, -0.15) is 43.9 Å². The van der Waals surface area contributed by atoms with Crippen LogP contribution in [0.1, 0.15) is 198 Å². The number of pyridine rings is 6. The van der Waals surface area contributed by atoms with Crippen molar-refractivity contribution in [2.24, 2.45) is 10.7 Å². The number of carbonyl (C=O) groups is 4. The van der Waals surface area contributed by atoms with Crippen LogP contribution in [0.5, 0.6) is 29.4 Å². The molecule has 6 heterocycles. The summed E-state index contributed by atoms with van der Waals surface area (Å²) in [7, 11) is 1.54. The summed E-state index contributed by atoms with van der Waals surface area (Å²) in [5.41, 5.74) is 9.74. The van der Waals surface area contributed by atoms with Crippen LogP contribution in [0, 0.1) is 0 Å². The molecule has 9 rings (SSSR count). The fourth-order valence-corrected chi connectivity index (χ4v) is 10.6. The van der Waals surface area contributed by atoms with Crippen molar-refractivity contribution in [3.05, 3.63) is 265 Å². The number of nitrogens with zero attached hydrogens (tertiary/aromatic N) is 6. The molecule has 4 N–H and O–H groups in total. The first-order chi connectivity index (χ1) is 59.5. The van der Waals surface area contributed by atoms with Gasteiger partial charge in [-0.1, -0.05) is 110 Å². The SMILES string of the molecule is CC(C)(C)OC(=O)/C=C/c1ccc(OC(F)F)nc1.CC(C)(C)OC(=O)CC(N)c1ccc(OC(F)F)nc1.COC(C)C=NC(CC(=O)OC(C)(C)C)c1ccc(OC(F)F)nc1.C[C@@H](C[C@@H](CC(=O)OC(C)(C)C)c1ccc(OC(F)F)nc1)c1ccccc1.C[C@@H](NCc1ccccc1)c1ccccc1.FC(F)Oc1ccc(Br)cn1.O=c1ccc(Br)c[nH]1. The molecule has 9 aromatic rings. The lowest BCUT2D eigenvalue weighted by Gasteiger charge is -2.24. The molecule has 692 valence electrons. The molecule has 0 bridgehead atoms. The maximum atomic E-state index is 12.4. The van der Waals surface area contributed by atoms with E-state index in [-0.39, 0.29) is 78.1 Å². The van der Waals surface area contributed by atoms with Crippen molar-refractivity contribution < 1.29 is 110 Å². The topological polar surface area (TPSA) is 308 Å². The zero-order valence-electron chi connectivity index (χ0n) is 73.1. The maximum Gasteiger partial charge on any atom is 0.388 e. The van der Waals surface area contributed by atoms with E-state index in [9.17, 15) is 67.9 Å². The Morgan fingerprint density at radius 2 is 0.850 bits per heavy atom. The molecule has 0 radical (unpaired) electrons. The minimum absolute atomic E-state index is 0.0130. The number of aromatic nitrogens is 6. The number of nitrogens with two attached hydrogens (primary N) is 1. The van der Waals surface area contributed by atoms with E-state index in [0.29, 0.717) is 29.2 Å². The highest BCUT2D eigenvalue weighted by atomic mass is 79.9. The zero-order valence-corrected chi connectivity index (χ0v) is 76.3. The summed E-state index contributed by atoms with van der Waals surface area (Å²) in [4.78, 5) is 83.4. The van der Waals surface area contributed by atoms with Crippen LogP contribution in [0.3, 0.4) is 0 Å². The molecule has 6 aromatic heterocycles. The summed E-state index contributed by atoms with van der Waals surface area (Å²) in [5.74, 6) is -2.41. The van der Waals surface area contributed by atoms with Gasteiger partial charge >= 0.3 is 56.9 Å². The monoisotopic (exact) mass is 1920 g/mol. The lowest BCUT2D eigenvalue weighted by atomic mass is 9.85. The van der Waals surface area contributed by atoms with Gasteiger partial charge in [-0.3, -0.25) is 24.2 Å². The summed E-state index contributed by atoms with van der Waals surface area (Å²) < 4.78 is 168. The number of nitrogens with one attached hydrogen (secondary N) is 2. The van der Waals surface area contributed by atoms with Crippen molar-refractivity contribution >= 4 is 68.0 Å². The number of methoxy groups -OCH3 is 1. The van der Waals surface area contributed by atoms with E-state index in [1.54, 1.807) is 99.8 Å². The molecule has 0 aliphatic rings. The highest BCUT2D eigenvalue weighted by Gasteiger charge is 2.27. The van der Waals surface area contributed by atoms with Crippen molar-refractivity contribution in [2.75, 3.05) is 7.11 Å². The van der Waals surface area contributed by atoms with Crippen LogP contribution in [0.4, 0.5) is 43.9 Å². The van der Waals surface area contributed by atoms with Gasteiger partial charge in [-0.05, 0) is 216 Å². The Balaban J connectivity index is 0.000000392. The van der Waals surface area contributed by atoms with Gasteiger partial charge in [0.2, 0.25) is 35.0 Å². The van der Waals surface area contributed by atoms with Gasteiger partial charge in [-0.15, -0.1) is 0 Å². The minimum atomic E-state index is -2.95. The second-order valence-corrected chi connectivity index (χ2v) is 33.0. The largest absolute Gasteiger partial charge is 0.460 e. The lowest BCUT2D eigenvalue weighted by molar-refractivity contribution is -0.156. The molecule has 0 aliphatic carbocycles. The van der Waals surface area contributed by atoms with Crippen LogP contribution in [0.2, 0.25) is 0 Å². The van der Waals surface area contributed by atoms with Gasteiger partial charge in [-0.25, -0.2) is 29.7 Å². The third kappa shape index (κ3) is 53.1. The molecule has 3 aromatic carbocycles. The Morgan fingerprint density at radius 3 is 1.24 bits per heavy atom. The van der Waals surface area contributed by atoms with Crippen molar-refractivity contribution in [1.29, 1.82) is 0 Å². The summed E-state index contributed by atoms with van der Waals surface area (Å²) in [6.45, 7) is 13.8. The number of hydrogen-bond donors (Lipinski definition) is 3. The van der Waals surface area contributed by atoms with Gasteiger partial charge in [0.1, 0.15) is 22.4 Å². The average Bonchev–Trinajstić information content (AvgIpc) is 0.860. The van der Waals surface area contributed by atoms with Gasteiger partial charge in [0.05, 0.1) is 31.4 Å². The van der Waals surface area contributed by atoms with Crippen molar-refractivity contribution in [3.63, 3.8) is 0 Å². The first kappa shape index (κ1) is 110. The molecule has 0 spiro atoms. The number of benzene rings is 3. The Kier molecular flexibility index (Phi) is 49.2. The minimum Gasteiger partial charge on any atom is -0.460 e. The normalized spacial score (nSPS) is 12.8. The van der Waals surface area contributed by atoms with Gasteiger partial charge in [0.15, 0.2) is 0 Å². The van der Waals surface area contributed by atoms with Crippen molar-refractivity contribution in [2.45, 2.75) is 228 Å². The summed E-state index contributed by atoms with van der Waals surface area (Å²) in [6, 6.07) is 47.8. The number of alkyl halides is 10.